The molecule has 84 valence electrons. The van der Waals surface area contributed by atoms with Crippen LogP contribution >= 0.6 is 11.3 Å². The number of aromatic nitrogens is 4. The predicted octanol–water partition coefficient (Wildman–Crippen LogP) is 2.98. The van der Waals surface area contributed by atoms with Gasteiger partial charge in [-0.2, -0.15) is 5.10 Å². The van der Waals surface area contributed by atoms with Gasteiger partial charge >= 0.3 is 0 Å². The van der Waals surface area contributed by atoms with Crippen LogP contribution in [0.4, 0.5) is 0 Å². The van der Waals surface area contributed by atoms with Gasteiger partial charge in [0.25, 0.3) is 0 Å². The highest BCUT2D eigenvalue weighted by atomic mass is 32.1. The van der Waals surface area contributed by atoms with Crippen LogP contribution in [-0.2, 0) is 0 Å². The summed E-state index contributed by atoms with van der Waals surface area (Å²) < 4.78 is 0. The Labute approximate surface area is 98.1 Å². The zero-order valence-electron chi connectivity index (χ0n) is 9.02. The number of hydrogen-bond acceptors (Lipinski definition) is 4. The van der Waals surface area contributed by atoms with Crippen molar-refractivity contribution in [2.24, 2.45) is 0 Å². The molecule has 2 heterocycles. The Morgan fingerprint density at radius 1 is 1.25 bits per heavy atom. The van der Waals surface area contributed by atoms with Crippen LogP contribution in [0.1, 0.15) is 43.7 Å². The van der Waals surface area contributed by atoms with Gasteiger partial charge in [0, 0.05) is 11.3 Å². The van der Waals surface area contributed by atoms with E-state index in [1.54, 1.807) is 11.3 Å². The van der Waals surface area contributed by atoms with Gasteiger partial charge in [0.2, 0.25) is 0 Å². The van der Waals surface area contributed by atoms with Crippen molar-refractivity contribution in [1.82, 2.24) is 20.2 Å². The summed E-state index contributed by atoms with van der Waals surface area (Å²) in [6.45, 7) is 0. The van der Waals surface area contributed by atoms with Crippen LogP contribution in [0.15, 0.2) is 11.7 Å². The zero-order valence-corrected chi connectivity index (χ0v) is 9.83. The van der Waals surface area contributed by atoms with Gasteiger partial charge in [-0.25, -0.2) is 9.97 Å². The average molecular weight is 234 g/mol. The van der Waals surface area contributed by atoms with E-state index in [1.807, 2.05) is 0 Å². The molecule has 4 nitrogen and oxygen atoms in total. The first kappa shape index (κ1) is 9.96. The number of hydrogen-bond donors (Lipinski definition) is 1. The van der Waals surface area contributed by atoms with E-state index in [-0.39, 0.29) is 0 Å². The Morgan fingerprint density at radius 3 is 2.88 bits per heavy atom. The van der Waals surface area contributed by atoms with Gasteiger partial charge in [-0.1, -0.05) is 19.3 Å². The summed E-state index contributed by atoms with van der Waals surface area (Å²) in [4.78, 5) is 8.79. The average Bonchev–Trinajstić information content (AvgIpc) is 3.01. The fraction of sp³-hybridized carbons (Fsp3) is 0.545. The largest absolute Gasteiger partial charge is 0.257 e. The van der Waals surface area contributed by atoms with Crippen LogP contribution in [0, 0.1) is 0 Å². The molecule has 0 bridgehead atoms. The lowest BCUT2D eigenvalue weighted by Crippen LogP contribution is -2.04. The molecular weight excluding hydrogens is 220 g/mol. The molecule has 0 amide bonds. The van der Waals surface area contributed by atoms with Gasteiger partial charge in [-0.15, -0.1) is 11.3 Å². The molecular formula is C11H14N4S. The number of rotatable bonds is 2. The molecule has 0 saturated heterocycles. The molecule has 16 heavy (non-hydrogen) atoms. The molecule has 0 atom stereocenters. The summed E-state index contributed by atoms with van der Waals surface area (Å²) in [6.07, 6.45) is 8.19. The van der Waals surface area contributed by atoms with Gasteiger partial charge in [0.1, 0.15) is 6.33 Å². The van der Waals surface area contributed by atoms with Gasteiger partial charge in [0.15, 0.2) is 10.8 Å². The van der Waals surface area contributed by atoms with Crippen LogP contribution < -0.4 is 0 Å². The summed E-state index contributed by atoms with van der Waals surface area (Å²) in [5, 5.41) is 9.84. The molecule has 1 aliphatic rings. The van der Waals surface area contributed by atoms with Crippen LogP contribution in [0.25, 0.3) is 10.8 Å². The van der Waals surface area contributed by atoms with E-state index < -0.39 is 0 Å². The second-order valence-electron chi connectivity index (χ2n) is 4.25. The van der Waals surface area contributed by atoms with Crippen molar-refractivity contribution in [3.8, 4) is 10.8 Å². The lowest BCUT2D eigenvalue weighted by molar-refractivity contribution is 0.438. The lowest BCUT2D eigenvalue weighted by atomic mass is 9.87. The van der Waals surface area contributed by atoms with Gasteiger partial charge in [-0.05, 0) is 12.8 Å². The maximum Gasteiger partial charge on any atom is 0.184 e. The van der Waals surface area contributed by atoms with E-state index >= 15 is 0 Å². The molecule has 1 N–H and O–H groups in total. The monoisotopic (exact) mass is 234 g/mol. The first-order chi connectivity index (χ1) is 7.93. The van der Waals surface area contributed by atoms with E-state index in [0.29, 0.717) is 5.92 Å². The van der Waals surface area contributed by atoms with Crippen molar-refractivity contribution in [2.45, 2.75) is 38.0 Å². The highest BCUT2D eigenvalue weighted by Crippen LogP contribution is 2.34. The molecule has 2 aromatic heterocycles. The molecule has 0 unspecified atom stereocenters. The van der Waals surface area contributed by atoms with Crippen molar-refractivity contribution >= 4 is 11.3 Å². The zero-order chi connectivity index (χ0) is 10.8. The molecule has 5 heteroatoms. The maximum atomic E-state index is 4.66. The molecule has 0 spiro atoms. The summed E-state index contributed by atoms with van der Waals surface area (Å²) in [6, 6.07) is 0. The fourth-order valence-electron chi connectivity index (χ4n) is 2.29. The summed E-state index contributed by atoms with van der Waals surface area (Å²) in [5.41, 5.74) is 1.25. The number of nitrogens with one attached hydrogen (secondary N) is 1. The molecule has 0 radical (unpaired) electrons. The molecule has 3 rings (SSSR count). The Kier molecular flexibility index (Phi) is 2.70. The number of H-pyrrole nitrogens is 1. The highest BCUT2D eigenvalue weighted by molar-refractivity contribution is 7.13. The number of nitrogens with zero attached hydrogens (tertiary/aromatic N) is 3. The Balaban J connectivity index is 1.82. The maximum absolute atomic E-state index is 4.66. The SMILES string of the molecule is c1n[nH]c(-c2nc(C3CCCCC3)cs2)n1. The normalized spacial score (nSPS) is 17.8. The minimum atomic E-state index is 0.668. The van der Waals surface area contributed by atoms with Crippen molar-refractivity contribution in [2.75, 3.05) is 0 Å². The Bertz CT molecular complexity index is 442. The van der Waals surface area contributed by atoms with Crippen LogP contribution in [0.3, 0.4) is 0 Å². The summed E-state index contributed by atoms with van der Waals surface area (Å²) >= 11 is 1.66. The minimum Gasteiger partial charge on any atom is -0.257 e. The third-order valence-corrected chi connectivity index (χ3v) is 4.03. The first-order valence-corrected chi connectivity index (χ1v) is 6.62. The van der Waals surface area contributed by atoms with Crippen LogP contribution in [0.5, 0.6) is 0 Å². The summed E-state index contributed by atoms with van der Waals surface area (Å²) in [5.74, 6) is 1.45. The molecule has 1 fully saturated rings. The third-order valence-electron chi connectivity index (χ3n) is 3.16. The molecule has 0 aromatic carbocycles. The Hall–Kier alpha value is -1.23. The van der Waals surface area contributed by atoms with Gasteiger partial charge in [0.05, 0.1) is 5.69 Å². The lowest BCUT2D eigenvalue weighted by Gasteiger charge is -2.19. The van der Waals surface area contributed by atoms with Crippen LogP contribution in [-0.4, -0.2) is 20.2 Å². The van der Waals surface area contributed by atoms with Crippen LogP contribution in [0.2, 0.25) is 0 Å². The standard InChI is InChI=1S/C11H14N4S/c1-2-4-8(5-3-1)9-6-16-11(14-9)10-12-7-13-15-10/h6-8H,1-5H2,(H,12,13,15). The van der Waals surface area contributed by atoms with E-state index in [1.165, 1.54) is 44.1 Å². The van der Waals surface area contributed by atoms with E-state index in [9.17, 15) is 0 Å². The molecule has 1 aliphatic carbocycles. The quantitative estimate of drug-likeness (QED) is 0.869. The van der Waals surface area contributed by atoms with Crippen molar-refractivity contribution < 1.29 is 0 Å². The second kappa shape index (κ2) is 4.33. The predicted molar refractivity (Wildman–Crippen MR) is 63.3 cm³/mol. The fourth-order valence-corrected chi connectivity index (χ4v) is 3.13. The Morgan fingerprint density at radius 2 is 2.12 bits per heavy atom. The number of aromatic amines is 1. The third kappa shape index (κ3) is 1.87. The summed E-state index contributed by atoms with van der Waals surface area (Å²) in [7, 11) is 0. The smallest absolute Gasteiger partial charge is 0.184 e. The number of thiazole rings is 1. The molecule has 0 aliphatic heterocycles. The highest BCUT2D eigenvalue weighted by Gasteiger charge is 2.18. The minimum absolute atomic E-state index is 0.668. The van der Waals surface area contributed by atoms with E-state index in [0.717, 1.165) is 10.8 Å². The van der Waals surface area contributed by atoms with Gasteiger partial charge in [-0.3, -0.25) is 5.10 Å². The molecule has 1 saturated carbocycles. The second-order valence-corrected chi connectivity index (χ2v) is 5.10. The van der Waals surface area contributed by atoms with Crippen molar-refractivity contribution in [3.63, 3.8) is 0 Å². The van der Waals surface area contributed by atoms with Crippen molar-refractivity contribution in [1.29, 1.82) is 0 Å². The van der Waals surface area contributed by atoms with E-state index in [2.05, 4.69) is 25.5 Å². The molecule has 2 aromatic rings. The van der Waals surface area contributed by atoms with Crippen molar-refractivity contribution in [3.05, 3.63) is 17.4 Å². The topological polar surface area (TPSA) is 54.5 Å². The van der Waals surface area contributed by atoms with Gasteiger partial charge < -0.3 is 0 Å². The first-order valence-electron chi connectivity index (χ1n) is 5.74. The van der Waals surface area contributed by atoms with E-state index in [4.69, 9.17) is 0 Å².